The van der Waals surface area contributed by atoms with E-state index in [-0.39, 0.29) is 17.7 Å². The molecular formula is C35H42O5Si. The first-order valence-corrected chi connectivity index (χ1v) is 16.4. The van der Waals surface area contributed by atoms with Crippen LogP contribution in [0.3, 0.4) is 0 Å². The minimum Gasteiger partial charge on any atom is -0.455 e. The fourth-order valence-corrected chi connectivity index (χ4v) is 10.3. The van der Waals surface area contributed by atoms with Crippen molar-refractivity contribution in [3.8, 4) is 0 Å². The first-order chi connectivity index (χ1) is 19.6. The second kappa shape index (κ2) is 13.5. The van der Waals surface area contributed by atoms with Crippen LogP contribution in [0, 0.1) is 5.92 Å². The van der Waals surface area contributed by atoms with E-state index in [2.05, 4.69) is 45.0 Å². The molecular weight excluding hydrogens is 528 g/mol. The summed E-state index contributed by atoms with van der Waals surface area (Å²) in [5.41, 5.74) is 1.59. The third-order valence-electron chi connectivity index (χ3n) is 7.77. The van der Waals surface area contributed by atoms with E-state index in [1.165, 1.54) is 5.57 Å². The fourth-order valence-electron chi connectivity index (χ4n) is 5.63. The van der Waals surface area contributed by atoms with Crippen molar-refractivity contribution in [3.05, 3.63) is 108 Å². The van der Waals surface area contributed by atoms with Crippen molar-refractivity contribution in [3.63, 3.8) is 0 Å². The van der Waals surface area contributed by atoms with Crippen LogP contribution in [0.1, 0.15) is 64.2 Å². The van der Waals surface area contributed by atoms with E-state index in [0.29, 0.717) is 5.56 Å². The Morgan fingerprint density at radius 2 is 1.41 bits per heavy atom. The van der Waals surface area contributed by atoms with Gasteiger partial charge in [-0.3, -0.25) is 0 Å². The minimum absolute atomic E-state index is 0.217. The molecule has 216 valence electrons. The molecule has 3 aromatic rings. The molecule has 0 spiro atoms. The highest BCUT2D eigenvalue weighted by Gasteiger charge is 2.50. The standard InChI is InChI=1S/C35H42O5Si/c1-26-16-15-19-29(24-26)39-34(37)32(40-33(36)28-17-9-6-10-18-28)27(2)25-38-41(35(3,4)5,30-20-11-7-12-21-30)31-22-13-8-14-23-31/h6-14,17-18,20-24,27,29,32H,15-16,19,25H2,1-5H3/t27-,29-,32-/m1/s1. The van der Waals surface area contributed by atoms with Crippen LogP contribution in [0.15, 0.2) is 103 Å². The minimum atomic E-state index is -2.85. The van der Waals surface area contributed by atoms with Gasteiger partial charge in [-0.25, -0.2) is 9.59 Å². The third kappa shape index (κ3) is 7.24. The molecule has 5 nitrogen and oxygen atoms in total. The molecule has 0 bridgehead atoms. The number of benzene rings is 3. The van der Waals surface area contributed by atoms with Crippen LogP contribution in [0.25, 0.3) is 0 Å². The van der Waals surface area contributed by atoms with Gasteiger partial charge in [0.1, 0.15) is 6.10 Å². The van der Waals surface area contributed by atoms with E-state index in [0.717, 1.165) is 29.6 Å². The smallest absolute Gasteiger partial charge is 0.348 e. The topological polar surface area (TPSA) is 61.8 Å². The van der Waals surface area contributed by atoms with E-state index in [9.17, 15) is 9.59 Å². The lowest BCUT2D eigenvalue weighted by Crippen LogP contribution is -2.67. The molecule has 3 atom stereocenters. The molecule has 4 rings (SSSR count). The number of carbonyl (C=O) groups is 2. The second-order valence-electron chi connectivity index (χ2n) is 12.0. The van der Waals surface area contributed by atoms with Gasteiger partial charge in [0.05, 0.1) is 5.56 Å². The molecule has 0 aromatic heterocycles. The van der Waals surface area contributed by atoms with Crippen LogP contribution in [-0.2, 0) is 18.7 Å². The normalized spacial score (nSPS) is 17.2. The lowest BCUT2D eigenvalue weighted by atomic mass is 9.98. The average Bonchev–Trinajstić information content (AvgIpc) is 2.97. The maximum Gasteiger partial charge on any atom is 0.348 e. The molecule has 0 heterocycles. The van der Waals surface area contributed by atoms with E-state index in [1.54, 1.807) is 24.3 Å². The first-order valence-electron chi connectivity index (χ1n) is 14.5. The van der Waals surface area contributed by atoms with Crippen molar-refractivity contribution in [1.82, 2.24) is 0 Å². The van der Waals surface area contributed by atoms with Crippen LogP contribution in [0.4, 0.5) is 0 Å². The molecule has 0 saturated carbocycles. The second-order valence-corrected chi connectivity index (χ2v) is 16.3. The molecule has 0 fully saturated rings. The van der Waals surface area contributed by atoms with Gasteiger partial charge in [-0.1, -0.05) is 112 Å². The first kappa shape index (κ1) is 30.5. The van der Waals surface area contributed by atoms with Crippen LogP contribution >= 0.6 is 0 Å². The Hall–Kier alpha value is -3.48. The van der Waals surface area contributed by atoms with Gasteiger partial charge >= 0.3 is 11.9 Å². The Kier molecular flexibility index (Phi) is 10.00. The zero-order valence-electron chi connectivity index (χ0n) is 24.8. The summed E-state index contributed by atoms with van der Waals surface area (Å²) in [6, 6.07) is 29.5. The van der Waals surface area contributed by atoms with Gasteiger partial charge in [0.25, 0.3) is 8.32 Å². The zero-order valence-corrected chi connectivity index (χ0v) is 25.8. The van der Waals surface area contributed by atoms with Gasteiger partial charge in [-0.15, -0.1) is 0 Å². The van der Waals surface area contributed by atoms with Gasteiger partial charge < -0.3 is 13.9 Å². The van der Waals surface area contributed by atoms with Crippen molar-refractivity contribution in [1.29, 1.82) is 0 Å². The largest absolute Gasteiger partial charge is 0.455 e. The monoisotopic (exact) mass is 570 g/mol. The van der Waals surface area contributed by atoms with Crippen molar-refractivity contribution >= 4 is 30.6 Å². The zero-order chi connectivity index (χ0) is 29.5. The fraction of sp³-hybridized carbons (Fsp3) is 0.371. The van der Waals surface area contributed by atoms with Gasteiger partial charge in [0.15, 0.2) is 0 Å². The molecule has 1 aliphatic rings. The molecule has 0 unspecified atom stereocenters. The summed E-state index contributed by atoms with van der Waals surface area (Å²) >= 11 is 0. The number of allylic oxidation sites excluding steroid dienone is 1. The molecule has 0 saturated heterocycles. The lowest BCUT2D eigenvalue weighted by Gasteiger charge is -2.43. The highest BCUT2D eigenvalue weighted by atomic mass is 28.4. The number of hydrogen-bond acceptors (Lipinski definition) is 5. The Morgan fingerprint density at radius 3 is 1.93 bits per heavy atom. The van der Waals surface area contributed by atoms with Crippen LogP contribution in [0.2, 0.25) is 5.04 Å². The summed E-state index contributed by atoms with van der Waals surface area (Å²) in [6.45, 7) is 10.8. The molecule has 0 N–H and O–H groups in total. The summed E-state index contributed by atoms with van der Waals surface area (Å²) in [6.07, 6.45) is 3.29. The van der Waals surface area contributed by atoms with Crippen molar-refractivity contribution in [2.45, 2.75) is 71.1 Å². The van der Waals surface area contributed by atoms with Gasteiger partial charge in [0.2, 0.25) is 6.10 Å². The Balaban J connectivity index is 1.65. The van der Waals surface area contributed by atoms with Crippen molar-refractivity contribution in [2.75, 3.05) is 6.61 Å². The maximum absolute atomic E-state index is 13.6. The molecule has 0 radical (unpaired) electrons. The van der Waals surface area contributed by atoms with Crippen molar-refractivity contribution < 1.29 is 23.5 Å². The van der Waals surface area contributed by atoms with Gasteiger partial charge in [0, 0.05) is 12.5 Å². The highest BCUT2D eigenvalue weighted by molar-refractivity contribution is 6.99. The summed E-state index contributed by atoms with van der Waals surface area (Å²) in [5, 5.41) is 2.07. The number of esters is 2. The summed E-state index contributed by atoms with van der Waals surface area (Å²) < 4.78 is 18.9. The quantitative estimate of drug-likeness (QED) is 0.159. The predicted molar refractivity (Wildman–Crippen MR) is 166 cm³/mol. The summed E-state index contributed by atoms with van der Waals surface area (Å²) in [4.78, 5) is 26.8. The molecule has 6 heteroatoms. The van der Waals surface area contributed by atoms with Gasteiger partial charge in [-0.05, 0) is 59.8 Å². The molecule has 3 aromatic carbocycles. The lowest BCUT2D eigenvalue weighted by molar-refractivity contribution is -0.161. The molecule has 0 aliphatic heterocycles. The van der Waals surface area contributed by atoms with Crippen LogP contribution in [-0.4, -0.2) is 39.1 Å². The number of ether oxygens (including phenoxy) is 2. The number of hydrogen-bond donors (Lipinski definition) is 0. The Bertz CT molecular complexity index is 1280. The Morgan fingerprint density at radius 1 is 0.878 bits per heavy atom. The summed E-state index contributed by atoms with van der Waals surface area (Å²) in [5.74, 6) is -1.55. The molecule has 1 aliphatic carbocycles. The number of carbonyl (C=O) groups excluding carboxylic acids is 2. The van der Waals surface area contributed by atoms with Crippen molar-refractivity contribution in [2.24, 2.45) is 5.92 Å². The Labute approximate surface area is 245 Å². The molecule has 0 amide bonds. The highest BCUT2D eigenvalue weighted by Crippen LogP contribution is 2.37. The average molecular weight is 571 g/mol. The predicted octanol–water partition coefficient (Wildman–Crippen LogP) is 6.47. The van der Waals surface area contributed by atoms with Crippen LogP contribution < -0.4 is 10.4 Å². The maximum atomic E-state index is 13.6. The number of rotatable bonds is 10. The van der Waals surface area contributed by atoms with E-state index < -0.39 is 32.3 Å². The van der Waals surface area contributed by atoms with Gasteiger partial charge in [-0.2, -0.15) is 0 Å². The van der Waals surface area contributed by atoms with Crippen LogP contribution in [0.5, 0.6) is 0 Å². The van der Waals surface area contributed by atoms with E-state index in [4.69, 9.17) is 13.9 Å². The molecule has 41 heavy (non-hydrogen) atoms. The van der Waals surface area contributed by atoms with E-state index in [1.807, 2.05) is 62.4 Å². The van der Waals surface area contributed by atoms with E-state index >= 15 is 0 Å². The SMILES string of the molecule is CC1=C[C@H](OC(=O)[C@H](OC(=O)c2ccccc2)[C@H](C)CO[Si](c2ccccc2)(c2ccccc2)C(C)(C)C)CCC1. The third-order valence-corrected chi connectivity index (χ3v) is 12.8. The summed E-state index contributed by atoms with van der Waals surface area (Å²) in [7, 11) is -2.85.